The molecule has 5 rings (SSSR count). The fourth-order valence-corrected chi connectivity index (χ4v) is 5.50. The Kier molecular flexibility index (Phi) is 5.13. The smallest absolute Gasteiger partial charge is 0.256 e. The number of aromatic amines is 1. The summed E-state index contributed by atoms with van der Waals surface area (Å²) in [6.07, 6.45) is 0.835. The lowest BCUT2D eigenvalue weighted by Crippen LogP contribution is -2.42. The van der Waals surface area contributed by atoms with Crippen molar-refractivity contribution in [2.45, 2.75) is 37.3 Å². The number of benzene rings is 1. The van der Waals surface area contributed by atoms with Gasteiger partial charge >= 0.3 is 0 Å². The molecule has 2 aliphatic rings. The summed E-state index contributed by atoms with van der Waals surface area (Å²) in [5.41, 5.74) is 1.58. The molecule has 1 atom stereocenters. The number of hydrogen-bond donors (Lipinski definition) is 2. The number of rotatable bonds is 4. The first kappa shape index (κ1) is 20.9. The van der Waals surface area contributed by atoms with Crippen LogP contribution in [0.25, 0.3) is 0 Å². The highest BCUT2D eigenvalue weighted by Crippen LogP contribution is 2.54. The van der Waals surface area contributed by atoms with Gasteiger partial charge < -0.3 is 15.0 Å². The second-order valence-corrected chi connectivity index (χ2v) is 9.55. The Morgan fingerprint density at radius 2 is 2.19 bits per heavy atom. The van der Waals surface area contributed by atoms with E-state index in [1.54, 1.807) is 24.3 Å². The number of halogens is 1. The van der Waals surface area contributed by atoms with Crippen LogP contribution in [0.15, 0.2) is 40.5 Å². The zero-order chi connectivity index (χ0) is 22.5. The van der Waals surface area contributed by atoms with Gasteiger partial charge in [0.2, 0.25) is 0 Å². The van der Waals surface area contributed by atoms with Crippen molar-refractivity contribution >= 4 is 28.8 Å². The van der Waals surface area contributed by atoms with E-state index in [1.807, 2.05) is 11.4 Å². The fraction of sp³-hybridized carbons (Fsp3) is 0.304. The minimum Gasteiger partial charge on any atom is -0.378 e. The molecule has 32 heavy (non-hydrogen) atoms. The van der Waals surface area contributed by atoms with Crippen molar-refractivity contribution in [1.29, 1.82) is 5.26 Å². The highest BCUT2D eigenvalue weighted by atomic mass is 35.5. The molecule has 3 aromatic rings. The maximum atomic E-state index is 12.9. The zero-order valence-corrected chi connectivity index (χ0v) is 18.5. The van der Waals surface area contributed by atoms with Crippen LogP contribution < -0.4 is 5.56 Å². The van der Waals surface area contributed by atoms with E-state index in [1.165, 1.54) is 16.2 Å². The van der Waals surface area contributed by atoms with Crippen LogP contribution in [-0.2, 0) is 23.2 Å². The molecule has 0 saturated heterocycles. The number of H-pyrrole nitrogens is 1. The van der Waals surface area contributed by atoms with Gasteiger partial charge in [0.1, 0.15) is 11.9 Å². The van der Waals surface area contributed by atoms with Crippen molar-refractivity contribution in [2.75, 3.05) is 6.54 Å². The maximum Gasteiger partial charge on any atom is 0.256 e. The third kappa shape index (κ3) is 3.52. The summed E-state index contributed by atoms with van der Waals surface area (Å²) in [4.78, 5) is 36.0. The molecule has 1 amide bonds. The Morgan fingerprint density at radius 1 is 1.38 bits per heavy atom. The van der Waals surface area contributed by atoms with Crippen LogP contribution in [-0.4, -0.2) is 32.4 Å². The van der Waals surface area contributed by atoms with Crippen molar-refractivity contribution < 1.29 is 9.90 Å². The van der Waals surface area contributed by atoms with Crippen LogP contribution in [0.3, 0.4) is 0 Å². The maximum absolute atomic E-state index is 12.9. The summed E-state index contributed by atoms with van der Waals surface area (Å²) in [6.45, 7) is 0.461. The Bertz CT molecular complexity index is 1320. The van der Waals surface area contributed by atoms with Crippen molar-refractivity contribution in [3.63, 3.8) is 0 Å². The van der Waals surface area contributed by atoms with Crippen LogP contribution in [0.1, 0.15) is 52.0 Å². The summed E-state index contributed by atoms with van der Waals surface area (Å²) in [6, 6.07) is 10.6. The van der Waals surface area contributed by atoms with Gasteiger partial charge in [0, 0.05) is 28.2 Å². The average molecular weight is 467 g/mol. The molecule has 1 aliphatic heterocycles. The zero-order valence-electron chi connectivity index (χ0n) is 17.0. The molecule has 1 unspecified atom stereocenters. The van der Waals surface area contributed by atoms with Gasteiger partial charge in [-0.2, -0.15) is 5.26 Å². The third-order valence-electron chi connectivity index (χ3n) is 6.18. The fourth-order valence-electron chi connectivity index (χ4n) is 4.20. The van der Waals surface area contributed by atoms with E-state index in [-0.39, 0.29) is 17.5 Å². The first-order valence-electron chi connectivity index (χ1n) is 10.3. The number of carbonyl (C=O) groups is 1. The lowest BCUT2D eigenvalue weighted by molar-refractivity contribution is -0.141. The van der Waals surface area contributed by atoms with Crippen LogP contribution in [0.4, 0.5) is 0 Å². The number of nitrogens with zero attached hydrogens (tertiary/aromatic N) is 3. The molecule has 0 radical (unpaired) electrons. The van der Waals surface area contributed by atoms with Crippen molar-refractivity contribution in [2.24, 2.45) is 0 Å². The number of carbonyl (C=O) groups excluding carboxylic acids is 1. The first-order chi connectivity index (χ1) is 15.4. The van der Waals surface area contributed by atoms with Gasteiger partial charge in [-0.1, -0.05) is 23.7 Å². The van der Waals surface area contributed by atoms with E-state index in [0.717, 1.165) is 17.7 Å². The minimum absolute atomic E-state index is 0.0962. The van der Waals surface area contributed by atoms with Gasteiger partial charge in [0.25, 0.3) is 11.5 Å². The van der Waals surface area contributed by atoms with E-state index in [9.17, 15) is 14.7 Å². The van der Waals surface area contributed by atoms with Crippen LogP contribution in [0.2, 0.25) is 5.02 Å². The Balaban J connectivity index is 1.40. The number of hydrogen-bond acceptors (Lipinski definition) is 6. The molecule has 0 bridgehead atoms. The number of aromatic nitrogens is 2. The predicted molar refractivity (Wildman–Crippen MR) is 119 cm³/mol. The summed E-state index contributed by atoms with van der Waals surface area (Å²) < 4.78 is 0. The number of nitriles is 1. The van der Waals surface area contributed by atoms with Crippen LogP contribution in [0, 0.1) is 11.3 Å². The highest BCUT2D eigenvalue weighted by Gasteiger charge is 2.50. The molecule has 0 spiro atoms. The third-order valence-corrected chi connectivity index (χ3v) is 7.55. The lowest BCUT2D eigenvalue weighted by Gasteiger charge is -2.30. The molecule has 1 aliphatic carbocycles. The molecular weight excluding hydrogens is 448 g/mol. The van der Waals surface area contributed by atoms with Gasteiger partial charge in [0.05, 0.1) is 28.8 Å². The molecule has 3 heterocycles. The van der Waals surface area contributed by atoms with Gasteiger partial charge in [-0.3, -0.25) is 9.59 Å². The van der Waals surface area contributed by atoms with E-state index in [2.05, 4.69) is 11.1 Å². The quantitative estimate of drug-likeness (QED) is 0.614. The van der Waals surface area contributed by atoms with E-state index < -0.39 is 12.0 Å². The molecule has 162 valence electrons. The number of nitrogens with one attached hydrogen (secondary N) is 1. The molecule has 1 fully saturated rings. The molecular formula is C23H19ClN4O3S. The monoisotopic (exact) mass is 466 g/mol. The molecule has 7 nitrogen and oxygen atoms in total. The Labute approximate surface area is 192 Å². The van der Waals surface area contributed by atoms with Crippen molar-refractivity contribution in [3.05, 3.63) is 84.2 Å². The summed E-state index contributed by atoms with van der Waals surface area (Å²) >= 11 is 7.49. The Morgan fingerprint density at radius 3 is 2.88 bits per heavy atom. The largest absolute Gasteiger partial charge is 0.378 e. The number of thiophene rings is 1. The number of fused-ring (bicyclic) bond motifs is 1. The molecule has 2 N–H and O–H groups in total. The Hall–Kier alpha value is -2.99. The normalized spacial score (nSPS) is 17.3. The number of aliphatic hydroxyl groups is 1. The second-order valence-electron chi connectivity index (χ2n) is 8.20. The summed E-state index contributed by atoms with van der Waals surface area (Å²) in [7, 11) is 0. The topological polar surface area (TPSA) is 110 Å². The van der Waals surface area contributed by atoms with Crippen LogP contribution >= 0.6 is 22.9 Å². The van der Waals surface area contributed by atoms with E-state index in [4.69, 9.17) is 21.8 Å². The van der Waals surface area contributed by atoms with E-state index >= 15 is 0 Å². The minimum atomic E-state index is -1.34. The summed E-state index contributed by atoms with van der Waals surface area (Å²) in [5.74, 6) is 0.161. The van der Waals surface area contributed by atoms with E-state index in [0.29, 0.717) is 46.2 Å². The molecule has 9 heteroatoms. The molecule has 2 aromatic heterocycles. The predicted octanol–water partition coefficient (Wildman–Crippen LogP) is 3.05. The highest BCUT2D eigenvalue weighted by molar-refractivity contribution is 7.10. The summed E-state index contributed by atoms with van der Waals surface area (Å²) in [5, 5.41) is 21.9. The number of aliphatic hydroxyl groups excluding tert-OH is 1. The SMILES string of the molecule is N#Cc1csc(C2(c3nc4c(c(=O)[nH]3)CN(C(=O)C(O)c3cccc(Cl)c3)CC4)CC2)c1. The van der Waals surface area contributed by atoms with Crippen molar-refractivity contribution in [1.82, 2.24) is 14.9 Å². The van der Waals surface area contributed by atoms with Gasteiger partial charge in [-0.05, 0) is 36.6 Å². The second kappa shape index (κ2) is 7.85. The van der Waals surface area contributed by atoms with Crippen LogP contribution in [0.5, 0.6) is 0 Å². The van der Waals surface area contributed by atoms with Crippen molar-refractivity contribution in [3.8, 4) is 6.07 Å². The molecule has 1 saturated carbocycles. The van der Waals surface area contributed by atoms with Gasteiger partial charge in [0.15, 0.2) is 6.10 Å². The number of amides is 1. The molecule has 1 aromatic carbocycles. The first-order valence-corrected chi connectivity index (χ1v) is 11.5. The van der Waals surface area contributed by atoms with Gasteiger partial charge in [-0.25, -0.2) is 4.98 Å². The van der Waals surface area contributed by atoms with Gasteiger partial charge in [-0.15, -0.1) is 11.3 Å². The standard InChI is InChI=1S/C23H19ClN4O3S/c24-15-3-1-2-14(9-15)19(29)21(31)28-7-4-17-16(11-28)20(30)27-22(26-17)23(5-6-23)18-8-13(10-25)12-32-18/h1-3,8-9,12,19,29H,4-7,11H2,(H,26,27,30). The lowest BCUT2D eigenvalue weighted by atomic mass is 10.0. The average Bonchev–Trinajstić information content (AvgIpc) is 3.47.